The molecule has 2 fully saturated rings. The Balaban J connectivity index is 2.04. The molecule has 0 N–H and O–H groups in total. The molecule has 0 bridgehead atoms. The van der Waals surface area contributed by atoms with E-state index < -0.39 is 7.37 Å². The van der Waals surface area contributed by atoms with Crippen LogP contribution in [0.3, 0.4) is 0 Å². The molecule has 0 aromatic heterocycles. The molecule has 3 nitrogen and oxygen atoms in total. The van der Waals surface area contributed by atoms with E-state index in [4.69, 9.17) is 9.26 Å². The summed E-state index contributed by atoms with van der Waals surface area (Å²) in [5.41, 5.74) is 0. The average molecular weight is 176 g/mol. The van der Waals surface area contributed by atoms with Crippen LogP contribution < -0.4 is 0 Å². The van der Waals surface area contributed by atoms with E-state index in [1.807, 2.05) is 13.8 Å². The smallest absolute Gasteiger partial charge is 0.234 e. The lowest BCUT2D eigenvalue weighted by atomic mass is 10.4. The van der Waals surface area contributed by atoms with Gasteiger partial charge >= 0.3 is 0 Å². The molecule has 4 heteroatoms. The van der Waals surface area contributed by atoms with Crippen molar-refractivity contribution in [1.29, 1.82) is 0 Å². The predicted molar refractivity (Wildman–Crippen MR) is 42.0 cm³/mol. The molecule has 2 rings (SSSR count). The first kappa shape index (κ1) is 7.78. The van der Waals surface area contributed by atoms with Crippen molar-refractivity contribution in [1.82, 2.24) is 0 Å². The van der Waals surface area contributed by atoms with Crippen LogP contribution in [-0.4, -0.2) is 24.2 Å². The minimum Gasteiger partial charge on any atom is -0.359 e. The van der Waals surface area contributed by atoms with Gasteiger partial charge in [0, 0.05) is 6.16 Å². The molecule has 0 saturated carbocycles. The Morgan fingerprint density at radius 2 is 2.36 bits per heavy atom. The molecule has 2 aliphatic heterocycles. The zero-order valence-corrected chi connectivity index (χ0v) is 7.71. The molecule has 3 atom stereocenters. The highest BCUT2D eigenvalue weighted by Crippen LogP contribution is 2.67. The first-order chi connectivity index (χ1) is 5.12. The lowest BCUT2D eigenvalue weighted by Crippen LogP contribution is -2.03. The van der Waals surface area contributed by atoms with Gasteiger partial charge < -0.3 is 9.26 Å². The fraction of sp³-hybridized carbons (Fsp3) is 1.00. The number of epoxide rings is 1. The molecule has 3 unspecified atom stereocenters. The number of ether oxygens (including phenoxy) is 1. The summed E-state index contributed by atoms with van der Waals surface area (Å²) < 4.78 is 22.4. The standard InChI is InChI=1S/C7H13O3P/c1-5(2)10-11(8)4-3-6-7(11)9-6/h5-7H,3-4H2,1-2H3. The van der Waals surface area contributed by atoms with E-state index in [-0.39, 0.29) is 18.1 Å². The molecule has 0 radical (unpaired) electrons. The zero-order chi connectivity index (χ0) is 8.06. The summed E-state index contributed by atoms with van der Waals surface area (Å²) in [6.07, 6.45) is 1.97. The van der Waals surface area contributed by atoms with Crippen molar-refractivity contribution in [3.05, 3.63) is 0 Å². The van der Waals surface area contributed by atoms with Crippen molar-refractivity contribution in [2.45, 2.75) is 38.3 Å². The maximum Gasteiger partial charge on any atom is 0.234 e. The summed E-state index contributed by atoms with van der Waals surface area (Å²) in [6.45, 7) is 3.82. The first-order valence-electron chi connectivity index (χ1n) is 4.04. The average Bonchev–Trinajstić information content (AvgIpc) is 2.55. The summed E-state index contributed by atoms with van der Waals surface area (Å²) >= 11 is 0. The van der Waals surface area contributed by atoms with E-state index >= 15 is 0 Å². The van der Waals surface area contributed by atoms with Crippen LogP contribution in [0.5, 0.6) is 0 Å². The molecule has 0 spiro atoms. The summed E-state index contributed by atoms with van der Waals surface area (Å²) in [5.74, 6) is -0.0371. The Bertz CT molecular complexity index is 214. The molecule has 64 valence electrons. The third kappa shape index (κ3) is 1.26. The Hall–Kier alpha value is 0.150. The van der Waals surface area contributed by atoms with Crippen LogP contribution >= 0.6 is 7.37 Å². The van der Waals surface area contributed by atoms with Crippen LogP contribution in [0, 0.1) is 0 Å². The highest BCUT2D eigenvalue weighted by molar-refractivity contribution is 7.60. The molecule has 11 heavy (non-hydrogen) atoms. The van der Waals surface area contributed by atoms with Gasteiger partial charge in [0.05, 0.1) is 12.2 Å². The summed E-state index contributed by atoms with van der Waals surface area (Å²) in [7, 11) is -2.37. The second-order valence-electron chi connectivity index (χ2n) is 3.46. The fourth-order valence-electron chi connectivity index (χ4n) is 1.59. The minimum atomic E-state index is -2.37. The van der Waals surface area contributed by atoms with E-state index in [9.17, 15) is 4.57 Å². The van der Waals surface area contributed by atoms with Crippen LogP contribution in [0.15, 0.2) is 0 Å². The van der Waals surface area contributed by atoms with E-state index in [1.54, 1.807) is 0 Å². The molecule has 2 saturated heterocycles. The van der Waals surface area contributed by atoms with Crippen LogP contribution in [0.25, 0.3) is 0 Å². The Morgan fingerprint density at radius 3 is 2.73 bits per heavy atom. The Labute approximate surface area is 66.5 Å². The molecule has 2 heterocycles. The highest BCUT2D eigenvalue weighted by Gasteiger charge is 2.59. The molecular weight excluding hydrogens is 163 g/mol. The maximum absolute atomic E-state index is 11.8. The van der Waals surface area contributed by atoms with E-state index in [0.717, 1.165) is 12.6 Å². The summed E-state index contributed by atoms with van der Waals surface area (Å²) in [6, 6.07) is 0. The van der Waals surface area contributed by atoms with Crippen LogP contribution in [0.1, 0.15) is 20.3 Å². The molecule has 2 aliphatic rings. The topological polar surface area (TPSA) is 38.8 Å². The monoisotopic (exact) mass is 176 g/mol. The Kier molecular flexibility index (Phi) is 1.64. The van der Waals surface area contributed by atoms with Crippen molar-refractivity contribution in [2.24, 2.45) is 0 Å². The number of hydrogen-bond acceptors (Lipinski definition) is 3. The Morgan fingerprint density at radius 1 is 1.64 bits per heavy atom. The minimum absolute atomic E-state index is 0.0371. The van der Waals surface area contributed by atoms with Gasteiger partial charge in [-0.3, -0.25) is 4.57 Å². The first-order valence-corrected chi connectivity index (χ1v) is 5.92. The third-order valence-electron chi connectivity index (χ3n) is 2.06. The van der Waals surface area contributed by atoms with Crippen molar-refractivity contribution in [3.63, 3.8) is 0 Å². The van der Waals surface area contributed by atoms with E-state index in [2.05, 4.69) is 0 Å². The maximum atomic E-state index is 11.8. The number of rotatable bonds is 2. The van der Waals surface area contributed by atoms with Gasteiger partial charge in [-0.25, -0.2) is 0 Å². The van der Waals surface area contributed by atoms with Gasteiger partial charge in [-0.1, -0.05) is 0 Å². The van der Waals surface area contributed by atoms with Gasteiger partial charge in [-0.05, 0) is 20.3 Å². The van der Waals surface area contributed by atoms with E-state index in [1.165, 1.54) is 0 Å². The predicted octanol–water partition coefficient (Wildman–Crippen LogP) is 1.82. The quantitative estimate of drug-likeness (QED) is 0.475. The lowest BCUT2D eigenvalue weighted by Gasteiger charge is -2.15. The van der Waals surface area contributed by atoms with Gasteiger partial charge in [0.2, 0.25) is 7.37 Å². The summed E-state index contributed by atoms with van der Waals surface area (Å²) in [5, 5.41) is 0. The summed E-state index contributed by atoms with van der Waals surface area (Å²) in [4.78, 5) is 0. The number of hydrogen-bond donors (Lipinski definition) is 0. The van der Waals surface area contributed by atoms with Crippen LogP contribution in [-0.2, 0) is 13.8 Å². The van der Waals surface area contributed by atoms with Gasteiger partial charge in [0.15, 0.2) is 5.85 Å². The molecule has 0 aromatic rings. The number of fused-ring (bicyclic) bond motifs is 1. The van der Waals surface area contributed by atoms with Gasteiger partial charge in [0.1, 0.15) is 0 Å². The second-order valence-corrected chi connectivity index (χ2v) is 6.08. The SMILES string of the molecule is CC(C)OP1(=O)CCC2OC21. The molecule has 0 amide bonds. The molecule has 0 aliphatic carbocycles. The molecular formula is C7H13O3P. The van der Waals surface area contributed by atoms with Crippen molar-refractivity contribution >= 4 is 7.37 Å². The second kappa shape index (κ2) is 2.32. The van der Waals surface area contributed by atoms with Crippen molar-refractivity contribution in [2.75, 3.05) is 6.16 Å². The third-order valence-corrected chi connectivity index (χ3v) is 4.95. The van der Waals surface area contributed by atoms with Crippen molar-refractivity contribution in [3.8, 4) is 0 Å². The van der Waals surface area contributed by atoms with E-state index in [0.29, 0.717) is 0 Å². The van der Waals surface area contributed by atoms with Crippen LogP contribution in [0.4, 0.5) is 0 Å². The zero-order valence-electron chi connectivity index (χ0n) is 6.82. The van der Waals surface area contributed by atoms with Gasteiger partial charge in [-0.2, -0.15) is 0 Å². The van der Waals surface area contributed by atoms with Gasteiger partial charge in [-0.15, -0.1) is 0 Å². The lowest BCUT2D eigenvalue weighted by molar-refractivity contribution is 0.232. The highest BCUT2D eigenvalue weighted by atomic mass is 31.2. The largest absolute Gasteiger partial charge is 0.359 e. The van der Waals surface area contributed by atoms with Crippen molar-refractivity contribution < 1.29 is 13.8 Å². The van der Waals surface area contributed by atoms with Crippen LogP contribution in [0.2, 0.25) is 0 Å². The normalized spacial score (nSPS) is 47.9. The van der Waals surface area contributed by atoms with Gasteiger partial charge in [0.25, 0.3) is 0 Å². The fourth-order valence-corrected chi connectivity index (χ4v) is 4.40. The molecule has 0 aromatic carbocycles.